The van der Waals surface area contributed by atoms with Gasteiger partial charge < -0.3 is 15.4 Å². The summed E-state index contributed by atoms with van der Waals surface area (Å²) in [6.45, 7) is 7.53. The van der Waals surface area contributed by atoms with Gasteiger partial charge in [0.25, 0.3) is 0 Å². The summed E-state index contributed by atoms with van der Waals surface area (Å²) in [6, 6.07) is 7.10. The Morgan fingerprint density at radius 2 is 2.28 bits per heavy atom. The van der Waals surface area contributed by atoms with E-state index >= 15 is 0 Å². The van der Waals surface area contributed by atoms with E-state index in [0.717, 1.165) is 25.4 Å². The van der Waals surface area contributed by atoms with Gasteiger partial charge in [0.05, 0.1) is 7.11 Å². The Morgan fingerprint density at radius 3 is 2.89 bits per heavy atom. The standard InChI is InChI=1S/C15H24N2O/c1-11(2)12-4-5-15(18-3)13(8-12)9-17-14-6-7-16-10-14/h4-5,8,11,14,16-17H,6-7,9-10H2,1-3H3. The van der Waals surface area contributed by atoms with Crippen molar-refractivity contribution in [2.45, 2.75) is 38.8 Å². The summed E-state index contributed by atoms with van der Waals surface area (Å²) in [5.41, 5.74) is 2.63. The second-order valence-electron chi connectivity index (χ2n) is 5.30. The van der Waals surface area contributed by atoms with Crippen LogP contribution < -0.4 is 15.4 Å². The van der Waals surface area contributed by atoms with Crippen molar-refractivity contribution in [3.8, 4) is 5.75 Å². The van der Waals surface area contributed by atoms with Crippen LogP contribution in [-0.4, -0.2) is 26.2 Å². The van der Waals surface area contributed by atoms with Crippen LogP contribution in [0.5, 0.6) is 5.75 Å². The number of methoxy groups -OCH3 is 1. The lowest BCUT2D eigenvalue weighted by molar-refractivity contribution is 0.405. The summed E-state index contributed by atoms with van der Waals surface area (Å²) in [6.07, 6.45) is 1.21. The summed E-state index contributed by atoms with van der Waals surface area (Å²) >= 11 is 0. The van der Waals surface area contributed by atoms with E-state index in [1.165, 1.54) is 17.5 Å². The van der Waals surface area contributed by atoms with Crippen molar-refractivity contribution in [1.29, 1.82) is 0 Å². The fourth-order valence-electron chi connectivity index (χ4n) is 2.38. The molecule has 0 radical (unpaired) electrons. The van der Waals surface area contributed by atoms with Crippen LogP contribution in [0.3, 0.4) is 0 Å². The molecule has 1 unspecified atom stereocenters. The highest BCUT2D eigenvalue weighted by Gasteiger charge is 2.14. The number of rotatable bonds is 5. The Kier molecular flexibility index (Phi) is 4.61. The lowest BCUT2D eigenvalue weighted by Crippen LogP contribution is -2.30. The summed E-state index contributed by atoms with van der Waals surface area (Å²) in [5.74, 6) is 1.54. The molecule has 1 heterocycles. The van der Waals surface area contributed by atoms with Gasteiger partial charge in [0.2, 0.25) is 0 Å². The normalized spacial score (nSPS) is 19.4. The van der Waals surface area contributed by atoms with Crippen molar-refractivity contribution in [2.24, 2.45) is 0 Å². The van der Waals surface area contributed by atoms with Gasteiger partial charge in [0.15, 0.2) is 0 Å². The van der Waals surface area contributed by atoms with Gasteiger partial charge in [-0.25, -0.2) is 0 Å². The number of ether oxygens (including phenoxy) is 1. The second kappa shape index (κ2) is 6.21. The minimum absolute atomic E-state index is 0.558. The lowest BCUT2D eigenvalue weighted by Gasteiger charge is -2.16. The quantitative estimate of drug-likeness (QED) is 0.838. The minimum atomic E-state index is 0.558. The van der Waals surface area contributed by atoms with Gasteiger partial charge in [0.1, 0.15) is 5.75 Å². The van der Waals surface area contributed by atoms with Crippen molar-refractivity contribution in [1.82, 2.24) is 10.6 Å². The summed E-state index contributed by atoms with van der Waals surface area (Å²) in [5, 5.41) is 6.97. The number of hydrogen-bond donors (Lipinski definition) is 2. The smallest absolute Gasteiger partial charge is 0.123 e. The van der Waals surface area contributed by atoms with Gasteiger partial charge >= 0.3 is 0 Å². The fraction of sp³-hybridized carbons (Fsp3) is 0.600. The molecule has 0 saturated carbocycles. The molecular weight excluding hydrogens is 224 g/mol. The van der Waals surface area contributed by atoms with Crippen molar-refractivity contribution in [2.75, 3.05) is 20.2 Å². The van der Waals surface area contributed by atoms with Crippen molar-refractivity contribution in [3.63, 3.8) is 0 Å². The zero-order valence-corrected chi connectivity index (χ0v) is 11.6. The van der Waals surface area contributed by atoms with Crippen molar-refractivity contribution < 1.29 is 4.74 Å². The Balaban J connectivity index is 2.05. The van der Waals surface area contributed by atoms with Gasteiger partial charge in [-0.15, -0.1) is 0 Å². The first kappa shape index (κ1) is 13.4. The van der Waals surface area contributed by atoms with Crippen LogP contribution in [0.1, 0.15) is 37.3 Å². The van der Waals surface area contributed by atoms with E-state index < -0.39 is 0 Å². The van der Waals surface area contributed by atoms with Gasteiger partial charge in [-0.1, -0.05) is 26.0 Å². The molecule has 2 N–H and O–H groups in total. The highest BCUT2D eigenvalue weighted by Crippen LogP contribution is 2.24. The van der Waals surface area contributed by atoms with E-state index in [2.05, 4.69) is 42.7 Å². The Labute approximate surface area is 110 Å². The third kappa shape index (κ3) is 3.24. The van der Waals surface area contributed by atoms with E-state index in [1.807, 2.05) is 0 Å². The fourth-order valence-corrected chi connectivity index (χ4v) is 2.38. The van der Waals surface area contributed by atoms with Gasteiger partial charge in [-0.2, -0.15) is 0 Å². The Morgan fingerprint density at radius 1 is 1.44 bits per heavy atom. The highest BCUT2D eigenvalue weighted by atomic mass is 16.5. The molecule has 3 heteroatoms. The molecule has 1 atom stereocenters. The maximum atomic E-state index is 5.44. The molecule has 1 aliphatic rings. The number of nitrogens with one attached hydrogen (secondary N) is 2. The molecule has 1 aliphatic heterocycles. The number of benzene rings is 1. The van der Waals surface area contributed by atoms with E-state index in [4.69, 9.17) is 4.74 Å². The molecule has 2 rings (SSSR count). The summed E-state index contributed by atoms with van der Waals surface area (Å²) in [7, 11) is 1.74. The molecule has 0 bridgehead atoms. The molecule has 0 aliphatic carbocycles. The maximum Gasteiger partial charge on any atom is 0.123 e. The predicted molar refractivity (Wildman–Crippen MR) is 75.2 cm³/mol. The average molecular weight is 248 g/mol. The summed E-state index contributed by atoms with van der Waals surface area (Å²) < 4.78 is 5.44. The van der Waals surface area contributed by atoms with E-state index in [1.54, 1.807) is 7.11 Å². The SMILES string of the molecule is COc1ccc(C(C)C)cc1CNC1CCNC1. The molecule has 1 aromatic rings. The molecule has 1 aromatic carbocycles. The van der Waals surface area contributed by atoms with Gasteiger partial charge in [-0.3, -0.25) is 0 Å². The first-order chi connectivity index (χ1) is 8.70. The molecule has 0 amide bonds. The van der Waals surface area contributed by atoms with Crippen LogP contribution in [0, 0.1) is 0 Å². The van der Waals surface area contributed by atoms with Gasteiger partial charge in [-0.05, 0) is 30.5 Å². The minimum Gasteiger partial charge on any atom is -0.496 e. The zero-order valence-electron chi connectivity index (χ0n) is 11.6. The third-order valence-corrected chi connectivity index (χ3v) is 3.61. The Bertz CT molecular complexity index is 384. The molecule has 18 heavy (non-hydrogen) atoms. The van der Waals surface area contributed by atoms with Crippen LogP contribution >= 0.6 is 0 Å². The van der Waals surface area contributed by atoms with Crippen molar-refractivity contribution in [3.05, 3.63) is 29.3 Å². The van der Waals surface area contributed by atoms with E-state index in [9.17, 15) is 0 Å². The number of hydrogen-bond acceptors (Lipinski definition) is 3. The maximum absolute atomic E-state index is 5.44. The Hall–Kier alpha value is -1.06. The molecule has 3 nitrogen and oxygen atoms in total. The first-order valence-electron chi connectivity index (χ1n) is 6.81. The second-order valence-corrected chi connectivity index (χ2v) is 5.30. The molecule has 100 valence electrons. The molecular formula is C15H24N2O. The average Bonchev–Trinajstić information content (AvgIpc) is 2.89. The van der Waals surface area contributed by atoms with Crippen LogP contribution in [-0.2, 0) is 6.54 Å². The predicted octanol–water partition coefficient (Wildman–Crippen LogP) is 2.27. The zero-order chi connectivity index (χ0) is 13.0. The van der Waals surface area contributed by atoms with Gasteiger partial charge in [0, 0.05) is 24.7 Å². The lowest BCUT2D eigenvalue weighted by atomic mass is 10.00. The largest absolute Gasteiger partial charge is 0.496 e. The topological polar surface area (TPSA) is 33.3 Å². The van der Waals surface area contributed by atoms with E-state index in [0.29, 0.717) is 12.0 Å². The highest BCUT2D eigenvalue weighted by molar-refractivity contribution is 5.38. The molecule has 1 saturated heterocycles. The van der Waals surface area contributed by atoms with Crippen LogP contribution in [0.2, 0.25) is 0 Å². The first-order valence-corrected chi connectivity index (χ1v) is 6.81. The summed E-state index contributed by atoms with van der Waals surface area (Å²) in [4.78, 5) is 0. The van der Waals surface area contributed by atoms with E-state index in [-0.39, 0.29) is 0 Å². The molecule has 0 aromatic heterocycles. The van der Waals surface area contributed by atoms with Crippen LogP contribution in [0.4, 0.5) is 0 Å². The third-order valence-electron chi connectivity index (χ3n) is 3.61. The van der Waals surface area contributed by atoms with Crippen LogP contribution in [0.15, 0.2) is 18.2 Å². The monoisotopic (exact) mass is 248 g/mol. The molecule has 0 spiro atoms. The van der Waals surface area contributed by atoms with Crippen molar-refractivity contribution >= 4 is 0 Å². The molecule has 1 fully saturated rings. The van der Waals surface area contributed by atoms with Crippen LogP contribution in [0.25, 0.3) is 0 Å².